The van der Waals surface area contributed by atoms with E-state index in [0.29, 0.717) is 25.0 Å². The van der Waals surface area contributed by atoms with Gasteiger partial charge < -0.3 is 15.1 Å². The molecule has 2 aliphatic rings. The Kier molecular flexibility index (Phi) is 10.3. The van der Waals surface area contributed by atoms with Gasteiger partial charge in [-0.2, -0.15) is 31.4 Å². The number of likely N-dealkylation sites (tertiary alicyclic amines) is 2. The van der Waals surface area contributed by atoms with Gasteiger partial charge in [0.25, 0.3) is 0 Å². The van der Waals surface area contributed by atoms with Crippen molar-refractivity contribution in [2.24, 2.45) is 0 Å². The number of alkyl halides is 6. The van der Waals surface area contributed by atoms with Crippen LogP contribution in [-0.4, -0.2) is 83.6 Å². The fourth-order valence-electron chi connectivity index (χ4n) is 4.48. The number of aliphatic carboxylic acids is 2. The Hall–Kier alpha value is -4.47. The summed E-state index contributed by atoms with van der Waals surface area (Å²) in [6, 6.07) is 16.8. The van der Waals surface area contributed by atoms with E-state index < -0.39 is 24.3 Å². The van der Waals surface area contributed by atoms with Crippen LogP contribution in [0.1, 0.15) is 24.1 Å². The first-order chi connectivity index (χ1) is 19.7. The first-order valence-electron chi connectivity index (χ1n) is 12.3. The Bertz CT molecular complexity index is 1310. The SMILES string of the molecule is O=C(O)C(F)(F)F.O=C(O)C(F)(F)F.O=C1C[C@H]2[C@H](CCN2Cc2ccccn2)N1Cc1ccc(-n2cccn2)cc1. The number of carbonyl (C=O) groups excluding carboxylic acids is 1. The minimum absolute atomic E-state index is 0.261. The van der Waals surface area contributed by atoms with Crippen LogP contribution in [0, 0.1) is 0 Å². The van der Waals surface area contributed by atoms with Gasteiger partial charge >= 0.3 is 24.3 Å². The molecular formula is C26H25F6N5O5. The van der Waals surface area contributed by atoms with Crippen LogP contribution in [0.2, 0.25) is 0 Å². The van der Waals surface area contributed by atoms with Crippen LogP contribution in [-0.2, 0) is 27.5 Å². The summed E-state index contributed by atoms with van der Waals surface area (Å²) in [6.45, 7) is 2.52. The first-order valence-corrected chi connectivity index (χ1v) is 12.3. The van der Waals surface area contributed by atoms with E-state index in [1.54, 1.807) is 6.20 Å². The molecule has 2 aromatic heterocycles. The zero-order valence-electron chi connectivity index (χ0n) is 21.7. The largest absolute Gasteiger partial charge is 0.490 e. The molecule has 1 aromatic carbocycles. The lowest BCUT2D eigenvalue weighted by atomic mass is 10.1. The number of carboxylic acid groups (broad SMARTS) is 2. The van der Waals surface area contributed by atoms with E-state index in [-0.39, 0.29) is 5.91 Å². The second-order valence-corrected chi connectivity index (χ2v) is 9.16. The van der Waals surface area contributed by atoms with Crippen molar-refractivity contribution in [2.75, 3.05) is 6.54 Å². The number of nitrogens with zero attached hydrogens (tertiary/aromatic N) is 5. The van der Waals surface area contributed by atoms with Crippen LogP contribution in [0.15, 0.2) is 67.1 Å². The Balaban J connectivity index is 0.000000289. The normalized spacial score (nSPS) is 18.4. The molecule has 0 aliphatic carbocycles. The van der Waals surface area contributed by atoms with Gasteiger partial charge in [-0.25, -0.2) is 14.3 Å². The number of rotatable bonds is 5. The first kappa shape index (κ1) is 32.0. The summed E-state index contributed by atoms with van der Waals surface area (Å²) in [4.78, 5) is 39.4. The van der Waals surface area contributed by atoms with Crippen molar-refractivity contribution in [1.29, 1.82) is 0 Å². The van der Waals surface area contributed by atoms with Crippen molar-refractivity contribution in [2.45, 2.75) is 50.4 Å². The Labute approximate surface area is 234 Å². The minimum atomic E-state index is -5.08. The van der Waals surface area contributed by atoms with E-state index in [1.807, 2.05) is 35.3 Å². The number of amides is 1. The van der Waals surface area contributed by atoms with E-state index in [9.17, 15) is 31.1 Å². The van der Waals surface area contributed by atoms with Crippen LogP contribution >= 0.6 is 0 Å². The molecule has 3 aromatic rings. The van der Waals surface area contributed by atoms with E-state index >= 15 is 0 Å². The van der Waals surface area contributed by atoms with Gasteiger partial charge in [-0.15, -0.1) is 0 Å². The highest BCUT2D eigenvalue weighted by atomic mass is 19.4. The third-order valence-corrected chi connectivity index (χ3v) is 6.36. The molecular weight excluding hydrogens is 576 g/mol. The van der Waals surface area contributed by atoms with Gasteiger partial charge in [-0.3, -0.25) is 14.7 Å². The maximum Gasteiger partial charge on any atom is 0.490 e. The topological polar surface area (TPSA) is 129 Å². The number of carboxylic acids is 2. The lowest BCUT2D eigenvalue weighted by Gasteiger charge is -2.25. The van der Waals surface area contributed by atoms with Crippen LogP contribution in [0.5, 0.6) is 0 Å². The van der Waals surface area contributed by atoms with Crippen molar-refractivity contribution in [1.82, 2.24) is 24.6 Å². The van der Waals surface area contributed by atoms with Crippen molar-refractivity contribution < 1.29 is 50.9 Å². The molecule has 4 heterocycles. The summed E-state index contributed by atoms with van der Waals surface area (Å²) in [5.74, 6) is -5.25. The van der Waals surface area contributed by atoms with Crippen LogP contribution in [0.3, 0.4) is 0 Å². The highest BCUT2D eigenvalue weighted by molar-refractivity contribution is 5.80. The number of fused-ring (bicyclic) bond motifs is 1. The van der Waals surface area contributed by atoms with Gasteiger partial charge in [0.05, 0.1) is 11.4 Å². The van der Waals surface area contributed by atoms with Crippen LogP contribution in [0.25, 0.3) is 5.69 Å². The summed E-state index contributed by atoms with van der Waals surface area (Å²) in [5, 5.41) is 18.5. The van der Waals surface area contributed by atoms with Gasteiger partial charge in [-0.1, -0.05) is 18.2 Å². The molecule has 0 bridgehead atoms. The summed E-state index contributed by atoms with van der Waals surface area (Å²) in [7, 11) is 0. The maximum atomic E-state index is 12.7. The van der Waals surface area contributed by atoms with Crippen molar-refractivity contribution >= 4 is 17.8 Å². The van der Waals surface area contributed by atoms with Gasteiger partial charge in [-0.05, 0) is 42.3 Å². The number of benzene rings is 1. The summed E-state index contributed by atoms with van der Waals surface area (Å²) in [5.41, 5.74) is 3.26. The molecule has 1 amide bonds. The zero-order valence-corrected chi connectivity index (χ0v) is 21.7. The van der Waals surface area contributed by atoms with Crippen molar-refractivity contribution in [3.8, 4) is 5.69 Å². The van der Waals surface area contributed by atoms with E-state index in [1.165, 1.54) is 0 Å². The number of halogens is 6. The fourth-order valence-corrected chi connectivity index (χ4v) is 4.48. The molecule has 2 saturated heterocycles. The minimum Gasteiger partial charge on any atom is -0.475 e. The molecule has 2 atom stereocenters. The molecule has 16 heteroatoms. The molecule has 0 unspecified atom stereocenters. The van der Waals surface area contributed by atoms with Gasteiger partial charge in [0.2, 0.25) is 5.91 Å². The Morgan fingerprint density at radius 1 is 0.857 bits per heavy atom. The molecule has 10 nitrogen and oxygen atoms in total. The van der Waals surface area contributed by atoms with E-state index in [2.05, 4.69) is 50.2 Å². The Morgan fingerprint density at radius 3 is 1.98 bits per heavy atom. The smallest absolute Gasteiger partial charge is 0.475 e. The third-order valence-electron chi connectivity index (χ3n) is 6.36. The molecule has 2 N–H and O–H groups in total. The molecule has 0 spiro atoms. The van der Waals surface area contributed by atoms with E-state index in [4.69, 9.17) is 19.8 Å². The maximum absolute atomic E-state index is 12.7. The lowest BCUT2D eigenvalue weighted by molar-refractivity contribution is -0.193. The lowest BCUT2D eigenvalue weighted by Crippen LogP contribution is -2.36. The number of aromatic nitrogens is 3. The predicted octanol–water partition coefficient (Wildman–Crippen LogP) is 3.91. The van der Waals surface area contributed by atoms with Gasteiger partial charge in [0, 0.05) is 56.7 Å². The fraction of sp³-hybridized carbons (Fsp3) is 0.346. The molecule has 5 rings (SSSR count). The molecule has 226 valence electrons. The number of pyridine rings is 1. The van der Waals surface area contributed by atoms with Crippen molar-refractivity contribution in [3.05, 3.63) is 78.4 Å². The van der Waals surface area contributed by atoms with Crippen LogP contribution in [0.4, 0.5) is 26.3 Å². The number of carbonyl (C=O) groups is 3. The van der Waals surface area contributed by atoms with Gasteiger partial charge in [0.15, 0.2) is 0 Å². The Morgan fingerprint density at radius 2 is 1.48 bits per heavy atom. The highest BCUT2D eigenvalue weighted by Gasteiger charge is 2.46. The molecule has 2 aliphatic heterocycles. The summed E-state index contributed by atoms with van der Waals surface area (Å²) in [6.07, 6.45) is -2.98. The van der Waals surface area contributed by atoms with E-state index in [0.717, 1.165) is 36.5 Å². The monoisotopic (exact) mass is 601 g/mol. The van der Waals surface area contributed by atoms with Gasteiger partial charge in [0.1, 0.15) is 0 Å². The zero-order chi connectivity index (χ0) is 31.1. The van der Waals surface area contributed by atoms with Crippen molar-refractivity contribution in [3.63, 3.8) is 0 Å². The average Bonchev–Trinajstić information content (AvgIpc) is 3.65. The quantitative estimate of drug-likeness (QED) is 0.422. The third kappa shape index (κ3) is 8.76. The van der Waals surface area contributed by atoms with Crippen LogP contribution < -0.4 is 0 Å². The average molecular weight is 602 g/mol. The second-order valence-electron chi connectivity index (χ2n) is 9.16. The highest BCUT2D eigenvalue weighted by Crippen LogP contribution is 2.34. The molecule has 0 radical (unpaired) electrons. The predicted molar refractivity (Wildman–Crippen MR) is 133 cm³/mol. The molecule has 42 heavy (non-hydrogen) atoms. The molecule has 0 saturated carbocycles. The summed E-state index contributed by atoms with van der Waals surface area (Å²) >= 11 is 0. The summed E-state index contributed by atoms with van der Waals surface area (Å²) < 4.78 is 65.3. The molecule has 2 fully saturated rings. The number of hydrogen-bond donors (Lipinski definition) is 2. The number of hydrogen-bond acceptors (Lipinski definition) is 6. The standard InChI is InChI=1S/C22H23N5O.2C2HF3O2/c28-22-14-21-20(9-13-25(21)16-18-4-1-2-10-23-18)26(22)15-17-5-7-19(8-6-17)27-12-3-11-24-27;2*3-2(4,5)1(6)7/h1-8,10-12,20-21H,9,13-16H2;2*(H,6,7)/t20-,21-;;/m0../s1. The second kappa shape index (κ2) is 13.5.